The predicted molar refractivity (Wildman–Crippen MR) is 93.5 cm³/mol. The Morgan fingerprint density at radius 2 is 1.92 bits per heavy atom. The average molecular weight is 352 g/mol. The molecule has 1 aliphatic carbocycles. The quantitative estimate of drug-likeness (QED) is 0.874. The van der Waals surface area contributed by atoms with Gasteiger partial charge in [0.05, 0.1) is 10.7 Å². The molecule has 1 spiro atoms. The first-order valence-electron chi connectivity index (χ1n) is 8.66. The fourth-order valence-corrected chi connectivity index (χ4v) is 4.52. The third-order valence-electron chi connectivity index (χ3n) is 5.86. The highest BCUT2D eigenvalue weighted by Gasteiger charge is 2.38. The number of carboxylic acids is 1. The normalized spacial score (nSPS) is 21.0. The Hall–Kier alpha value is -1.62. The second-order valence-corrected chi connectivity index (χ2v) is 7.70. The lowest BCUT2D eigenvalue weighted by atomic mass is 9.65. The fraction of sp³-hybridized carbons (Fsp3) is 0.611. The topological polar surface area (TPSA) is 71.6 Å². The summed E-state index contributed by atoms with van der Waals surface area (Å²) in [6, 6.07) is 5.27. The summed E-state index contributed by atoms with van der Waals surface area (Å²) < 4.78 is 0. The van der Waals surface area contributed by atoms with Gasteiger partial charge in [0.2, 0.25) is 0 Å². The summed E-state index contributed by atoms with van der Waals surface area (Å²) in [5, 5.41) is 11.6. The Kier molecular flexibility index (Phi) is 5.09. The number of halogens is 1. The highest BCUT2D eigenvalue weighted by Crippen LogP contribution is 2.47. The van der Waals surface area contributed by atoms with E-state index >= 15 is 0 Å². The van der Waals surface area contributed by atoms with Gasteiger partial charge in [-0.2, -0.15) is 0 Å². The van der Waals surface area contributed by atoms with Gasteiger partial charge >= 0.3 is 5.97 Å². The summed E-state index contributed by atoms with van der Waals surface area (Å²) in [5.74, 6) is -0.326. The molecule has 0 unspecified atom stereocenters. The van der Waals surface area contributed by atoms with E-state index in [1.807, 2.05) is 11.2 Å². The molecule has 6 heteroatoms. The lowest BCUT2D eigenvalue weighted by Crippen LogP contribution is -2.55. The van der Waals surface area contributed by atoms with Gasteiger partial charge in [0.1, 0.15) is 0 Å². The molecule has 1 heterocycles. The van der Waals surface area contributed by atoms with E-state index in [1.165, 1.54) is 0 Å². The molecule has 130 valence electrons. The van der Waals surface area contributed by atoms with Crippen molar-refractivity contribution in [3.8, 4) is 0 Å². The van der Waals surface area contributed by atoms with Crippen LogP contribution in [0.1, 0.15) is 44.9 Å². The van der Waals surface area contributed by atoms with Crippen LogP contribution in [0.25, 0.3) is 0 Å². The van der Waals surface area contributed by atoms with Crippen molar-refractivity contribution < 1.29 is 15.1 Å². The first-order valence-corrected chi connectivity index (χ1v) is 9.04. The highest BCUT2D eigenvalue weighted by atomic mass is 35.5. The summed E-state index contributed by atoms with van der Waals surface area (Å²) in [6.07, 6.45) is 6.86. The Bertz CT molecular complexity index is 617. The molecule has 1 aromatic rings. The molecular weight excluding hydrogens is 328 g/mol. The molecule has 2 fully saturated rings. The average Bonchev–Trinajstić information content (AvgIpc) is 2.58. The molecule has 1 aliphatic heterocycles. The predicted octanol–water partition coefficient (Wildman–Crippen LogP) is 3.07. The molecule has 3 rings (SSSR count). The van der Waals surface area contributed by atoms with Crippen molar-refractivity contribution >= 4 is 28.9 Å². The Balaban J connectivity index is 1.60. The zero-order chi connectivity index (χ0) is 17.2. The van der Waals surface area contributed by atoms with Crippen LogP contribution in [0.5, 0.6) is 0 Å². The van der Waals surface area contributed by atoms with E-state index in [4.69, 9.17) is 16.7 Å². The number of piperidine rings is 1. The minimum atomic E-state index is -0.674. The number of nitrogens with zero attached hydrogens (tertiary/aromatic N) is 1. The van der Waals surface area contributed by atoms with Crippen molar-refractivity contribution in [1.82, 2.24) is 0 Å². The van der Waals surface area contributed by atoms with E-state index in [9.17, 15) is 9.70 Å². The van der Waals surface area contributed by atoms with Crippen LogP contribution >= 0.6 is 11.6 Å². The molecule has 2 N–H and O–H groups in total. The molecule has 2 aliphatic rings. The molecule has 0 aromatic heterocycles. The van der Waals surface area contributed by atoms with Crippen molar-refractivity contribution in [2.24, 2.45) is 11.3 Å². The van der Waals surface area contributed by atoms with Gasteiger partial charge in [0.25, 0.3) is 5.69 Å². The summed E-state index contributed by atoms with van der Waals surface area (Å²) in [5.41, 5.74) is 1.82. The smallest absolute Gasteiger partial charge is 0.303 e. The molecule has 0 atom stereocenters. The number of hydrogen-bond acceptors (Lipinski definition) is 3. The summed E-state index contributed by atoms with van der Waals surface area (Å²) in [6.45, 7) is 1.87. The minimum absolute atomic E-state index is 0.312. The summed E-state index contributed by atoms with van der Waals surface area (Å²) in [4.78, 5) is 24.0. The molecular formula is C18H24ClN2O3+. The first kappa shape index (κ1) is 17.2. The molecule has 1 saturated heterocycles. The number of nitroso groups, excluding NO2 is 1. The van der Waals surface area contributed by atoms with Crippen LogP contribution in [0.4, 0.5) is 11.4 Å². The number of carbonyl (C=O) groups is 1. The standard InChI is InChI=1S/C18H23ClN2O3/c19-15-2-1-14(20-24)12-16(15)21-9-7-18(8-10-21)5-3-13(4-6-18)11-17(22)23/h1-2,12-13H,3-11H2,(H,22,23)/p+1. The lowest BCUT2D eigenvalue weighted by Gasteiger charge is -2.46. The van der Waals surface area contributed by atoms with Gasteiger partial charge in [-0.25, -0.2) is 0 Å². The van der Waals surface area contributed by atoms with Crippen LogP contribution in [0.15, 0.2) is 18.2 Å². The number of aliphatic carboxylic acids is 1. The monoisotopic (exact) mass is 351 g/mol. The van der Waals surface area contributed by atoms with Crippen molar-refractivity contribution in [1.29, 1.82) is 0 Å². The third kappa shape index (κ3) is 3.72. The zero-order valence-electron chi connectivity index (χ0n) is 13.8. The lowest BCUT2D eigenvalue weighted by molar-refractivity contribution is -0.379. The number of benzene rings is 1. The van der Waals surface area contributed by atoms with Crippen molar-refractivity contribution in [2.45, 2.75) is 44.9 Å². The van der Waals surface area contributed by atoms with E-state index in [1.54, 1.807) is 12.1 Å². The molecule has 0 amide bonds. The van der Waals surface area contributed by atoms with Crippen molar-refractivity contribution in [3.05, 3.63) is 28.1 Å². The van der Waals surface area contributed by atoms with Crippen LogP contribution in [-0.2, 0) is 4.79 Å². The number of hydrogen-bond donors (Lipinski definition) is 2. The summed E-state index contributed by atoms with van der Waals surface area (Å²) in [7, 11) is 0. The van der Waals surface area contributed by atoms with E-state index < -0.39 is 5.97 Å². The largest absolute Gasteiger partial charge is 0.481 e. The van der Waals surface area contributed by atoms with Gasteiger partial charge in [-0.1, -0.05) is 11.6 Å². The third-order valence-corrected chi connectivity index (χ3v) is 6.18. The van der Waals surface area contributed by atoms with Gasteiger partial charge in [-0.15, -0.1) is 0 Å². The number of rotatable bonds is 4. The van der Waals surface area contributed by atoms with Gasteiger partial charge in [-0.05, 0) is 55.9 Å². The SMILES string of the molecule is O=[NH+]c1ccc(Cl)c(N2CCC3(CCC(CC(=O)O)CC3)CC2)c1. The molecule has 0 radical (unpaired) electrons. The van der Waals surface area contributed by atoms with E-state index in [-0.39, 0.29) is 0 Å². The molecule has 5 nitrogen and oxygen atoms in total. The van der Waals surface area contributed by atoms with Crippen LogP contribution in [0, 0.1) is 16.2 Å². The Morgan fingerprint density at radius 3 is 2.50 bits per heavy atom. The zero-order valence-corrected chi connectivity index (χ0v) is 14.5. The van der Waals surface area contributed by atoms with E-state index in [2.05, 4.69) is 4.90 Å². The number of nitrogens with one attached hydrogen (secondary N) is 1. The Morgan fingerprint density at radius 1 is 1.25 bits per heavy atom. The molecule has 1 saturated carbocycles. The van der Waals surface area contributed by atoms with Crippen LogP contribution in [0.2, 0.25) is 5.02 Å². The van der Waals surface area contributed by atoms with Gasteiger partial charge < -0.3 is 10.0 Å². The number of carboxylic acid groups (broad SMARTS) is 1. The second-order valence-electron chi connectivity index (χ2n) is 7.30. The molecule has 24 heavy (non-hydrogen) atoms. The van der Waals surface area contributed by atoms with Gasteiger partial charge in [0, 0.05) is 41.7 Å². The van der Waals surface area contributed by atoms with Crippen LogP contribution in [-0.4, -0.2) is 24.2 Å². The van der Waals surface area contributed by atoms with Gasteiger partial charge in [-0.3, -0.25) is 4.79 Å². The van der Waals surface area contributed by atoms with Crippen molar-refractivity contribution in [2.75, 3.05) is 18.0 Å². The molecule has 0 bridgehead atoms. The van der Waals surface area contributed by atoms with E-state index in [0.29, 0.717) is 28.5 Å². The maximum Gasteiger partial charge on any atom is 0.303 e. The number of anilines is 1. The second kappa shape index (κ2) is 7.09. The maximum atomic E-state index is 10.9. The summed E-state index contributed by atoms with van der Waals surface area (Å²) >= 11 is 6.30. The molecule has 1 aromatic carbocycles. The van der Waals surface area contributed by atoms with Crippen molar-refractivity contribution in [3.63, 3.8) is 0 Å². The van der Waals surface area contributed by atoms with Crippen LogP contribution < -0.4 is 10.1 Å². The highest BCUT2D eigenvalue weighted by molar-refractivity contribution is 6.33. The fourth-order valence-electron chi connectivity index (χ4n) is 4.28. The van der Waals surface area contributed by atoms with E-state index in [0.717, 1.165) is 57.3 Å². The first-order chi connectivity index (χ1) is 11.5. The van der Waals surface area contributed by atoms with Crippen LogP contribution in [0.3, 0.4) is 0 Å². The van der Waals surface area contributed by atoms with Gasteiger partial charge in [0.15, 0.2) is 0 Å². The maximum absolute atomic E-state index is 10.9. The Labute approximate surface area is 147 Å². The minimum Gasteiger partial charge on any atom is -0.481 e.